The number of hydrogen-bond donors (Lipinski definition) is 12. The van der Waals surface area contributed by atoms with Gasteiger partial charge >= 0.3 is 5.97 Å². The van der Waals surface area contributed by atoms with Crippen molar-refractivity contribution in [3.8, 4) is 47.6 Å². The van der Waals surface area contributed by atoms with Gasteiger partial charge in [-0.25, -0.2) is 30.7 Å². The number of nitrogen functional groups attached to an aromatic ring is 1. The Morgan fingerprint density at radius 2 is 0.795 bits per heavy atom. The fourth-order valence-corrected chi connectivity index (χ4v) is 14.0. The summed E-state index contributed by atoms with van der Waals surface area (Å²) in [6.07, 6.45) is 12.5. The third kappa shape index (κ3) is 33.9. The topological polar surface area (TPSA) is 303 Å². The Morgan fingerprint density at radius 3 is 1.20 bits per heavy atom. The van der Waals surface area contributed by atoms with E-state index in [4.69, 9.17) is 23.7 Å². The molecule has 122 heavy (non-hydrogen) atoms. The number of carboxylic acids is 1. The van der Waals surface area contributed by atoms with E-state index in [0.717, 1.165) is 53.0 Å². The SMILES string of the molecule is C#C[Si](C)(C)C.C#Cc1cc(F)cc2c1NCCNC2=O.C[Si](C)(C)C#Cc1cc(F)cc2c1NCCNC2=O.Nc1ccc(F)cc1I.O=C(O)CCNc1ccc(F)cc1I.O=C1CCNc2c(I)cc(F)cc21.O=C1NCCNc2c(I)cc(F)cc21.O=Cc1ccc(C#Cc2cc(F)cc3c2NCCNC3=O)cc1.O=Cc1ccc(I)cc1. The number of terminal acetylenes is 2. The average Bonchev–Trinajstić information content (AvgIpc) is 1.59. The number of nitrogens with two attached hydrogens (primary N) is 1. The Hall–Kier alpha value is -10.2. The summed E-state index contributed by atoms with van der Waals surface area (Å²) in [5, 5.41) is 37.5. The Kier molecular flexibility index (Phi) is 41.0. The number of Topliss-reactive ketones (excluding diaryl/α,β-unsaturated/α-hetero) is 1. The monoisotopic (exact) mass is 2260 g/mol. The van der Waals surface area contributed by atoms with Crippen LogP contribution in [-0.4, -0.2) is 135 Å². The number of hydrogen-bond acceptors (Lipinski definition) is 15. The van der Waals surface area contributed by atoms with Gasteiger partial charge in [0, 0.05) is 123 Å². The van der Waals surface area contributed by atoms with E-state index in [2.05, 4.69) is 150 Å². The standard InChI is InChI=1S/C18H13FN2O2.C14H17FN2OSi.C11H9FN2O.C9H8FIN2O.C9H9FINO2.C9H7FINO.C7H5IO.C6H5FIN.C5H10Si/c19-15-9-14(6-5-12-1-3-13(11-22)4-2-12)17-16(10-15)18(23)21-8-7-20-17;1-19(2,3)7-4-10-8-11(15)9-12-13(10)16-5-6-17-14(12)18;1-2-7-5-8(12)6-9-10(7)13-3-4-14-11(9)15;10-5-3-6-8(7(11)4-5)12-1-2-13-9(6)14;10-6-1-2-8(7(11)5-6)12-4-3-9(13)14;10-5-3-6-8(13)1-2-12-9(6)7(11)4-5;8-7-3-1-6(5-9)2-4-7;7-4-1-2-6(9)5(8)3-4;1-5-6(2,3)4/h1-4,9-11,20H,7-8H2,(H,21,23);8-9,16H,5-6H2,1-3H3,(H,17,18);1,5-6,13H,3-4H2,(H,14,15);3-4,12H,1-2H2,(H,13,14);1-2,5,12H,3-4H2,(H,13,14);3-4,12H,1-2H2;1-5H;1-3H,9H2;1H,2-4H3. The number of nitrogens with one attached hydrogen (secondary N) is 10. The second-order valence-corrected chi connectivity index (χ2v) is 43.6. The molecule has 0 saturated heterocycles. The molecule has 0 fully saturated rings. The maximum absolute atomic E-state index is 13.8. The normalized spacial score (nSPS) is 12.8. The zero-order valence-electron chi connectivity index (χ0n) is 66.5. The van der Waals surface area contributed by atoms with Crippen LogP contribution in [-0.2, 0) is 4.79 Å². The zero-order chi connectivity index (χ0) is 90.0. The largest absolute Gasteiger partial charge is 0.481 e. The molecule has 34 heteroatoms. The number of carbonyl (C=O) groups is 8. The van der Waals surface area contributed by atoms with Gasteiger partial charge in [0.05, 0.1) is 73.8 Å². The quantitative estimate of drug-likeness (QED) is 0.0184. The Labute approximate surface area is 772 Å². The fourth-order valence-electron chi connectivity index (χ4n) is 10.4. The van der Waals surface area contributed by atoms with Crippen molar-refractivity contribution < 1.29 is 74.2 Å². The van der Waals surface area contributed by atoms with Crippen molar-refractivity contribution in [1.29, 1.82) is 0 Å². The lowest BCUT2D eigenvalue weighted by atomic mass is 10.0. The number of ketones is 1. The number of carboxylic acid groups (broad SMARTS) is 1. The Balaban J connectivity index is 0.000000217. The summed E-state index contributed by atoms with van der Waals surface area (Å²) in [7, 11) is -2.65. The van der Waals surface area contributed by atoms with E-state index >= 15 is 0 Å². The van der Waals surface area contributed by atoms with Gasteiger partial charge in [-0.15, -0.1) is 23.9 Å². The first-order valence-corrected chi connectivity index (χ1v) is 49.4. The van der Waals surface area contributed by atoms with Crippen LogP contribution in [0.2, 0.25) is 39.3 Å². The Morgan fingerprint density at radius 1 is 0.434 bits per heavy atom. The minimum Gasteiger partial charge on any atom is -0.481 e. The van der Waals surface area contributed by atoms with Crippen LogP contribution in [0.3, 0.4) is 0 Å². The number of benzene rings is 9. The van der Waals surface area contributed by atoms with Gasteiger partial charge in [-0.1, -0.05) is 87.2 Å². The van der Waals surface area contributed by atoms with Crippen molar-refractivity contribution in [3.63, 3.8) is 0 Å². The number of aliphatic carboxylic acids is 1. The number of rotatable bonds is 6. The summed E-state index contributed by atoms with van der Waals surface area (Å²) in [6, 6.07) is 35.7. The van der Waals surface area contributed by atoms with E-state index < -0.39 is 39.6 Å². The lowest BCUT2D eigenvalue weighted by Crippen LogP contribution is -2.24. The minimum atomic E-state index is -1.54. The van der Waals surface area contributed by atoms with Gasteiger partial charge in [-0.05, 0) is 234 Å². The molecule has 0 bridgehead atoms. The van der Waals surface area contributed by atoms with E-state index in [0.29, 0.717) is 139 Å². The number of fused-ring (bicyclic) bond motifs is 5. The molecule has 0 aliphatic carbocycles. The maximum atomic E-state index is 13.8. The van der Waals surface area contributed by atoms with E-state index in [1.54, 1.807) is 48.5 Å². The summed E-state index contributed by atoms with van der Waals surface area (Å²) >= 11 is 10.2. The number of halogens is 12. The third-order valence-corrected chi connectivity index (χ3v) is 22.3. The van der Waals surface area contributed by atoms with Crippen molar-refractivity contribution in [3.05, 3.63) is 265 Å². The molecule has 20 nitrogen and oxygen atoms in total. The van der Waals surface area contributed by atoms with Crippen LogP contribution in [0, 0.1) is 106 Å². The van der Waals surface area contributed by atoms with Crippen molar-refractivity contribution in [2.45, 2.75) is 52.1 Å². The fraction of sp³-hybridized carbons (Fsp3) is 0.205. The third-order valence-electron chi connectivity index (χ3n) is 16.3. The average molecular weight is 2260 g/mol. The molecule has 5 heterocycles. The molecule has 9 aromatic carbocycles. The van der Waals surface area contributed by atoms with E-state index in [-0.39, 0.29) is 70.2 Å². The van der Waals surface area contributed by atoms with Crippen LogP contribution in [0.5, 0.6) is 0 Å². The molecule has 0 unspecified atom stereocenters. The molecule has 4 amide bonds. The first-order chi connectivity index (χ1) is 57.8. The van der Waals surface area contributed by atoms with Crippen LogP contribution in [0.25, 0.3) is 0 Å². The highest BCUT2D eigenvalue weighted by Gasteiger charge is 2.25. The van der Waals surface area contributed by atoms with Crippen LogP contribution in [0.1, 0.15) is 108 Å². The molecule has 5 aliphatic rings. The molecular formula is C88H83F7I5N11O9Si2. The van der Waals surface area contributed by atoms with Crippen molar-refractivity contribution >= 4 is 217 Å². The molecule has 9 aromatic rings. The van der Waals surface area contributed by atoms with Crippen molar-refractivity contribution in [2.75, 3.05) is 103 Å². The summed E-state index contributed by atoms with van der Waals surface area (Å²) in [6.45, 7) is 18.3. The molecule has 0 radical (unpaired) electrons. The van der Waals surface area contributed by atoms with E-state index in [1.165, 1.54) is 84.9 Å². The van der Waals surface area contributed by atoms with Crippen LogP contribution in [0.4, 0.5) is 70.5 Å². The van der Waals surface area contributed by atoms with Gasteiger partial charge in [0.25, 0.3) is 23.6 Å². The Bertz CT molecular complexity index is 5560. The zero-order valence-corrected chi connectivity index (χ0v) is 79.3. The highest BCUT2D eigenvalue weighted by atomic mass is 127. The highest BCUT2D eigenvalue weighted by molar-refractivity contribution is 14.1. The molecule has 0 saturated carbocycles. The highest BCUT2D eigenvalue weighted by Crippen LogP contribution is 2.31. The van der Waals surface area contributed by atoms with Gasteiger partial charge < -0.3 is 64.0 Å². The maximum Gasteiger partial charge on any atom is 0.305 e. The van der Waals surface area contributed by atoms with Gasteiger partial charge in [0.15, 0.2) is 5.78 Å². The molecular weight excluding hydrogens is 2180 g/mol. The predicted molar refractivity (Wildman–Crippen MR) is 514 cm³/mol. The first kappa shape index (κ1) is 101. The minimum absolute atomic E-state index is 0.0196. The number of aldehydes is 2. The lowest BCUT2D eigenvalue weighted by molar-refractivity contribution is -0.136. The van der Waals surface area contributed by atoms with E-state index in [1.807, 2.05) is 102 Å². The van der Waals surface area contributed by atoms with Gasteiger partial charge in [-0.3, -0.25) is 38.4 Å². The summed E-state index contributed by atoms with van der Waals surface area (Å²) < 4.78 is 95.6. The smallest absolute Gasteiger partial charge is 0.305 e. The van der Waals surface area contributed by atoms with Crippen molar-refractivity contribution in [1.82, 2.24) is 21.3 Å². The van der Waals surface area contributed by atoms with Crippen LogP contribution < -0.4 is 58.9 Å². The van der Waals surface area contributed by atoms with E-state index in [9.17, 15) is 69.1 Å². The molecule has 13 N–H and O–H groups in total. The molecule has 0 spiro atoms. The van der Waals surface area contributed by atoms with Crippen LogP contribution >= 0.6 is 113 Å². The van der Waals surface area contributed by atoms with Gasteiger partial charge in [0.1, 0.15) is 69.4 Å². The number of amides is 4. The predicted octanol–water partition coefficient (Wildman–Crippen LogP) is 17.3. The molecule has 636 valence electrons. The van der Waals surface area contributed by atoms with Crippen molar-refractivity contribution in [2.24, 2.45) is 0 Å². The number of anilines is 7. The lowest BCUT2D eigenvalue weighted by Gasteiger charge is -2.18. The summed E-state index contributed by atoms with van der Waals surface area (Å²) in [4.78, 5) is 89.2. The molecule has 0 atom stereocenters. The van der Waals surface area contributed by atoms with Gasteiger partial charge in [0.2, 0.25) is 0 Å². The summed E-state index contributed by atoms with van der Waals surface area (Å²) in [5.41, 5.74) is 21.0. The van der Waals surface area contributed by atoms with Gasteiger partial charge in [-0.2, -0.15) is 0 Å². The second-order valence-electron chi connectivity index (χ2n) is 28.1. The molecule has 5 aliphatic heterocycles. The molecule has 0 aromatic heterocycles. The first-order valence-electron chi connectivity index (χ1n) is 37.0. The second kappa shape index (κ2) is 49.8. The summed E-state index contributed by atoms with van der Waals surface area (Å²) in [5.74, 6) is 6.58. The molecule has 14 rings (SSSR count). The van der Waals surface area contributed by atoms with Crippen LogP contribution in [0.15, 0.2) is 146 Å². The number of carbonyl (C=O) groups excluding carboxylic acids is 7.